The average molecular weight is 580 g/mol. The van der Waals surface area contributed by atoms with Gasteiger partial charge in [0.15, 0.2) is 0 Å². The van der Waals surface area contributed by atoms with Crippen LogP contribution in [0.15, 0.2) is 0 Å². The fourth-order valence-corrected chi connectivity index (χ4v) is 6.76. The standard InChI is InChI=1S/C36H69NO4/c1-5-8-11-13-14-15-19-24-32(34-29-33(36(39)40)27-28-37(34)4)25-20-16-17-21-26-35(38)41-30-31(22-10-7-3)23-18-12-9-6-2/h31-34H,5-30H2,1-4H3,(H,39,40). The fraction of sp³-hybridized carbons (Fsp3) is 0.944. The highest BCUT2D eigenvalue weighted by Crippen LogP contribution is 2.33. The van der Waals surface area contributed by atoms with E-state index >= 15 is 0 Å². The Morgan fingerprint density at radius 1 is 0.732 bits per heavy atom. The van der Waals surface area contributed by atoms with Crippen molar-refractivity contribution in [3.05, 3.63) is 0 Å². The predicted molar refractivity (Wildman–Crippen MR) is 173 cm³/mol. The van der Waals surface area contributed by atoms with Gasteiger partial charge < -0.3 is 14.7 Å². The lowest BCUT2D eigenvalue weighted by molar-refractivity contribution is -0.146. The number of piperidine rings is 1. The first-order valence-corrected chi connectivity index (χ1v) is 18.0. The van der Waals surface area contributed by atoms with Gasteiger partial charge >= 0.3 is 11.9 Å². The number of ether oxygens (including phenoxy) is 1. The summed E-state index contributed by atoms with van der Waals surface area (Å²) in [6.45, 7) is 8.25. The molecule has 0 aromatic rings. The van der Waals surface area contributed by atoms with Crippen LogP contribution in [0.2, 0.25) is 0 Å². The van der Waals surface area contributed by atoms with Crippen LogP contribution in [0, 0.1) is 17.8 Å². The Balaban J connectivity index is 2.38. The molecule has 4 unspecified atom stereocenters. The van der Waals surface area contributed by atoms with Gasteiger partial charge in [0.05, 0.1) is 12.5 Å². The molecule has 5 nitrogen and oxygen atoms in total. The zero-order chi connectivity index (χ0) is 30.1. The molecule has 41 heavy (non-hydrogen) atoms. The van der Waals surface area contributed by atoms with Crippen molar-refractivity contribution in [2.75, 3.05) is 20.2 Å². The van der Waals surface area contributed by atoms with Crippen LogP contribution in [-0.2, 0) is 14.3 Å². The fourth-order valence-electron chi connectivity index (χ4n) is 6.76. The third kappa shape index (κ3) is 18.9. The van der Waals surface area contributed by atoms with Crippen molar-refractivity contribution in [3.63, 3.8) is 0 Å². The Bertz CT molecular complexity index is 639. The van der Waals surface area contributed by atoms with Gasteiger partial charge in [-0.2, -0.15) is 0 Å². The van der Waals surface area contributed by atoms with Crippen LogP contribution in [0.25, 0.3) is 0 Å². The summed E-state index contributed by atoms with van der Waals surface area (Å²) < 4.78 is 5.72. The van der Waals surface area contributed by atoms with Crippen LogP contribution in [0.3, 0.4) is 0 Å². The normalized spacial score (nSPS) is 19.2. The Morgan fingerprint density at radius 3 is 1.85 bits per heavy atom. The molecule has 1 fully saturated rings. The molecule has 242 valence electrons. The van der Waals surface area contributed by atoms with Crippen LogP contribution >= 0.6 is 0 Å². The maximum absolute atomic E-state index is 12.4. The van der Waals surface area contributed by atoms with Crippen molar-refractivity contribution in [1.29, 1.82) is 0 Å². The van der Waals surface area contributed by atoms with Crippen LogP contribution in [0.1, 0.15) is 175 Å². The number of carboxylic acid groups (broad SMARTS) is 1. The summed E-state index contributed by atoms with van der Waals surface area (Å²) in [5, 5.41) is 9.67. The van der Waals surface area contributed by atoms with E-state index < -0.39 is 5.97 Å². The molecule has 1 saturated heterocycles. The number of unbranched alkanes of at least 4 members (excludes halogenated alkanes) is 13. The molecule has 0 aromatic carbocycles. The predicted octanol–water partition coefficient (Wildman–Crippen LogP) is 10.2. The Labute approximate surface area is 254 Å². The van der Waals surface area contributed by atoms with Crippen molar-refractivity contribution >= 4 is 11.9 Å². The lowest BCUT2D eigenvalue weighted by atomic mass is 9.79. The lowest BCUT2D eigenvalue weighted by Gasteiger charge is -2.40. The summed E-state index contributed by atoms with van der Waals surface area (Å²) in [5.41, 5.74) is 0. The molecule has 0 radical (unpaired) electrons. The molecule has 1 aliphatic rings. The molecule has 0 amide bonds. The van der Waals surface area contributed by atoms with E-state index in [1.54, 1.807) is 0 Å². The van der Waals surface area contributed by atoms with Crippen LogP contribution in [0.5, 0.6) is 0 Å². The molecule has 0 aromatic heterocycles. The Hall–Kier alpha value is -1.10. The second-order valence-electron chi connectivity index (χ2n) is 13.3. The summed E-state index contributed by atoms with van der Waals surface area (Å²) in [6, 6.07) is 0.391. The Kier molecular flexibility index (Phi) is 23.5. The number of rotatable bonds is 27. The molecule has 1 rings (SSSR count). The molecule has 0 aliphatic carbocycles. The van der Waals surface area contributed by atoms with Crippen LogP contribution in [-0.4, -0.2) is 48.2 Å². The SMILES string of the molecule is CCCCCCCCCC(CCCCCCC(=O)OCC(CCCC)CCCCCC)C1CC(C(=O)O)CCN1C. The quantitative estimate of drug-likeness (QED) is 0.0774. The van der Waals surface area contributed by atoms with E-state index in [9.17, 15) is 14.7 Å². The molecule has 0 saturated carbocycles. The second kappa shape index (κ2) is 25.4. The zero-order valence-electron chi connectivity index (χ0n) is 27.8. The first-order chi connectivity index (χ1) is 19.9. The number of likely N-dealkylation sites (tertiary alicyclic amines) is 1. The summed E-state index contributed by atoms with van der Waals surface area (Å²) in [5.74, 6) is 0.303. The van der Waals surface area contributed by atoms with Crippen molar-refractivity contribution in [3.8, 4) is 0 Å². The first-order valence-electron chi connectivity index (χ1n) is 18.0. The largest absolute Gasteiger partial charge is 0.481 e. The molecule has 1 N–H and O–H groups in total. The molecule has 1 heterocycles. The molecule has 5 heteroatoms. The summed E-state index contributed by atoms with van der Waals surface area (Å²) in [4.78, 5) is 26.6. The minimum absolute atomic E-state index is 0.0135. The number of carbonyl (C=O) groups excluding carboxylic acids is 1. The molecular formula is C36H69NO4. The highest BCUT2D eigenvalue weighted by atomic mass is 16.5. The molecule has 1 aliphatic heterocycles. The molecular weight excluding hydrogens is 510 g/mol. The zero-order valence-corrected chi connectivity index (χ0v) is 27.8. The summed E-state index contributed by atoms with van der Waals surface area (Å²) >= 11 is 0. The molecule has 4 atom stereocenters. The van der Waals surface area contributed by atoms with Crippen molar-refractivity contribution in [2.45, 2.75) is 181 Å². The van der Waals surface area contributed by atoms with Gasteiger partial charge in [-0.15, -0.1) is 0 Å². The topological polar surface area (TPSA) is 66.8 Å². The van der Waals surface area contributed by atoms with Gasteiger partial charge in [-0.05, 0) is 70.4 Å². The van der Waals surface area contributed by atoms with Gasteiger partial charge in [-0.1, -0.05) is 124 Å². The highest BCUT2D eigenvalue weighted by molar-refractivity contribution is 5.70. The van der Waals surface area contributed by atoms with Gasteiger partial charge in [0.25, 0.3) is 0 Å². The van der Waals surface area contributed by atoms with Crippen molar-refractivity contribution in [2.24, 2.45) is 17.8 Å². The van der Waals surface area contributed by atoms with E-state index in [-0.39, 0.29) is 11.9 Å². The molecule has 0 bridgehead atoms. The van der Waals surface area contributed by atoms with Crippen LogP contribution < -0.4 is 0 Å². The number of hydrogen-bond donors (Lipinski definition) is 1. The second-order valence-corrected chi connectivity index (χ2v) is 13.3. The minimum atomic E-state index is -0.613. The Morgan fingerprint density at radius 2 is 1.24 bits per heavy atom. The summed E-state index contributed by atoms with van der Waals surface area (Å²) in [7, 11) is 2.20. The lowest BCUT2D eigenvalue weighted by Crippen LogP contribution is -2.46. The van der Waals surface area contributed by atoms with E-state index in [4.69, 9.17) is 4.74 Å². The summed E-state index contributed by atoms with van der Waals surface area (Å²) in [6.07, 6.45) is 28.0. The van der Waals surface area contributed by atoms with Gasteiger partial charge in [0, 0.05) is 12.5 Å². The minimum Gasteiger partial charge on any atom is -0.481 e. The van der Waals surface area contributed by atoms with E-state index in [0.717, 1.165) is 38.6 Å². The van der Waals surface area contributed by atoms with Gasteiger partial charge in [-0.3, -0.25) is 9.59 Å². The maximum atomic E-state index is 12.4. The number of aliphatic carboxylic acids is 1. The number of nitrogens with zero attached hydrogens (tertiary/aromatic N) is 1. The van der Waals surface area contributed by atoms with E-state index in [2.05, 4.69) is 32.7 Å². The van der Waals surface area contributed by atoms with Crippen LogP contribution in [0.4, 0.5) is 0 Å². The smallest absolute Gasteiger partial charge is 0.306 e. The number of esters is 1. The van der Waals surface area contributed by atoms with Gasteiger partial charge in [-0.25, -0.2) is 0 Å². The van der Waals surface area contributed by atoms with Crippen molar-refractivity contribution in [1.82, 2.24) is 4.90 Å². The monoisotopic (exact) mass is 580 g/mol. The maximum Gasteiger partial charge on any atom is 0.306 e. The first kappa shape index (κ1) is 37.9. The third-order valence-electron chi connectivity index (χ3n) is 9.61. The van der Waals surface area contributed by atoms with E-state index in [1.165, 1.54) is 116 Å². The average Bonchev–Trinajstić information content (AvgIpc) is 2.96. The molecule has 0 spiro atoms. The van der Waals surface area contributed by atoms with Crippen molar-refractivity contribution < 1.29 is 19.4 Å². The highest BCUT2D eigenvalue weighted by Gasteiger charge is 2.34. The van der Waals surface area contributed by atoms with E-state index in [1.807, 2.05) is 0 Å². The third-order valence-corrected chi connectivity index (χ3v) is 9.61. The number of carbonyl (C=O) groups is 2. The van der Waals surface area contributed by atoms with Gasteiger partial charge in [0.2, 0.25) is 0 Å². The number of hydrogen-bond acceptors (Lipinski definition) is 4. The van der Waals surface area contributed by atoms with E-state index in [0.29, 0.717) is 30.9 Å². The van der Waals surface area contributed by atoms with Gasteiger partial charge in [0.1, 0.15) is 0 Å². The number of carboxylic acids is 1.